The van der Waals surface area contributed by atoms with Crippen LogP contribution in [0.2, 0.25) is 0 Å². The van der Waals surface area contributed by atoms with Crippen LogP contribution in [0.25, 0.3) is 0 Å². The smallest absolute Gasteiger partial charge is 0.203 e. The highest BCUT2D eigenvalue weighted by atomic mass is 32.1. The highest BCUT2D eigenvalue weighted by Gasteiger charge is 2.28. The molecule has 2 N–H and O–H groups in total. The minimum atomic E-state index is 0.00657. The van der Waals surface area contributed by atoms with Crippen molar-refractivity contribution in [1.82, 2.24) is 15.1 Å². The predicted octanol–water partition coefficient (Wildman–Crippen LogP) is 0.730. The molecule has 0 aromatic carbocycles. The molecule has 5 nitrogen and oxygen atoms in total. The number of nitrogen functional groups attached to an aromatic ring is 1. The molecule has 1 aliphatic rings. The Hall–Kier alpha value is -0.720. The lowest BCUT2D eigenvalue weighted by Gasteiger charge is -2.33. The molecule has 16 heavy (non-hydrogen) atoms. The van der Waals surface area contributed by atoms with Crippen LogP contribution >= 0.6 is 11.3 Å². The van der Waals surface area contributed by atoms with Crippen molar-refractivity contribution in [3.63, 3.8) is 0 Å². The third kappa shape index (κ3) is 2.69. The first-order chi connectivity index (χ1) is 7.58. The molecule has 0 atom stereocenters. The van der Waals surface area contributed by atoms with Gasteiger partial charge in [0.25, 0.3) is 0 Å². The molecule has 6 heteroatoms. The highest BCUT2D eigenvalue weighted by Crippen LogP contribution is 2.28. The van der Waals surface area contributed by atoms with Crippen LogP contribution < -0.4 is 5.73 Å². The van der Waals surface area contributed by atoms with Crippen molar-refractivity contribution in [2.45, 2.75) is 19.3 Å². The quantitative estimate of drug-likeness (QED) is 0.846. The first kappa shape index (κ1) is 11.8. The Bertz CT molecular complexity index is 346. The van der Waals surface area contributed by atoms with Crippen molar-refractivity contribution in [2.75, 3.05) is 38.6 Å². The van der Waals surface area contributed by atoms with Crippen LogP contribution in [0.4, 0.5) is 5.13 Å². The number of hydrogen-bond donors (Lipinski definition) is 1. The number of morpholine rings is 1. The predicted molar refractivity (Wildman–Crippen MR) is 64.6 cm³/mol. The molecular weight excluding hydrogens is 224 g/mol. The van der Waals surface area contributed by atoms with Crippen LogP contribution in [0.5, 0.6) is 0 Å². The Kier molecular flexibility index (Phi) is 3.41. The van der Waals surface area contributed by atoms with Gasteiger partial charge in [-0.25, -0.2) is 0 Å². The fraction of sp³-hybridized carbons (Fsp3) is 0.800. The molecule has 1 aliphatic heterocycles. The van der Waals surface area contributed by atoms with Gasteiger partial charge >= 0.3 is 0 Å². The summed E-state index contributed by atoms with van der Waals surface area (Å²) >= 11 is 1.48. The summed E-state index contributed by atoms with van der Waals surface area (Å²) in [6.45, 7) is 8.99. The molecule has 1 aromatic heterocycles. The van der Waals surface area contributed by atoms with Gasteiger partial charge in [-0.3, -0.25) is 4.90 Å². The van der Waals surface area contributed by atoms with Crippen molar-refractivity contribution in [3.05, 3.63) is 5.01 Å². The van der Waals surface area contributed by atoms with E-state index in [1.54, 1.807) is 0 Å². The van der Waals surface area contributed by atoms with Gasteiger partial charge in [0, 0.05) is 25.0 Å². The average Bonchev–Trinajstić information content (AvgIpc) is 2.66. The fourth-order valence-electron chi connectivity index (χ4n) is 1.89. The zero-order valence-electron chi connectivity index (χ0n) is 9.77. The third-order valence-corrected chi connectivity index (χ3v) is 3.86. The average molecular weight is 242 g/mol. The van der Waals surface area contributed by atoms with Gasteiger partial charge in [0.1, 0.15) is 5.01 Å². The molecule has 90 valence electrons. The van der Waals surface area contributed by atoms with Crippen LogP contribution in [0, 0.1) is 0 Å². The Morgan fingerprint density at radius 3 is 2.62 bits per heavy atom. The van der Waals surface area contributed by atoms with Crippen LogP contribution in [-0.4, -0.2) is 47.9 Å². The number of aromatic nitrogens is 2. The molecule has 0 unspecified atom stereocenters. The van der Waals surface area contributed by atoms with Gasteiger partial charge in [-0.05, 0) is 0 Å². The maximum Gasteiger partial charge on any atom is 0.203 e. The topological polar surface area (TPSA) is 64.3 Å². The fourth-order valence-corrected chi connectivity index (χ4v) is 2.60. The van der Waals surface area contributed by atoms with Crippen LogP contribution in [-0.2, 0) is 10.2 Å². The summed E-state index contributed by atoms with van der Waals surface area (Å²) in [4.78, 5) is 2.40. The van der Waals surface area contributed by atoms with E-state index in [0.29, 0.717) is 5.13 Å². The largest absolute Gasteiger partial charge is 0.379 e. The van der Waals surface area contributed by atoms with Crippen LogP contribution in [0.15, 0.2) is 0 Å². The molecule has 0 spiro atoms. The van der Waals surface area contributed by atoms with E-state index in [9.17, 15) is 0 Å². The molecule has 0 aliphatic carbocycles. The van der Waals surface area contributed by atoms with E-state index < -0.39 is 0 Å². The van der Waals surface area contributed by atoms with Gasteiger partial charge < -0.3 is 10.5 Å². The van der Waals surface area contributed by atoms with E-state index >= 15 is 0 Å². The molecule has 0 saturated carbocycles. The minimum absolute atomic E-state index is 0.00657. The molecule has 0 bridgehead atoms. The lowest BCUT2D eigenvalue weighted by Crippen LogP contribution is -2.43. The number of ether oxygens (including phenoxy) is 1. The molecular formula is C10H18N4OS. The van der Waals surface area contributed by atoms with Gasteiger partial charge in [0.05, 0.1) is 13.2 Å². The van der Waals surface area contributed by atoms with Crippen molar-refractivity contribution in [3.8, 4) is 0 Å². The zero-order chi connectivity index (χ0) is 11.6. The maximum atomic E-state index is 5.62. The molecule has 1 fully saturated rings. The summed E-state index contributed by atoms with van der Waals surface area (Å²) in [5.41, 5.74) is 5.63. The first-order valence-electron chi connectivity index (χ1n) is 5.47. The van der Waals surface area contributed by atoms with Gasteiger partial charge in [0.2, 0.25) is 5.13 Å². The van der Waals surface area contributed by atoms with Gasteiger partial charge in [-0.2, -0.15) is 0 Å². The zero-order valence-corrected chi connectivity index (χ0v) is 10.6. The second-order valence-corrected chi connectivity index (χ2v) is 5.73. The van der Waals surface area contributed by atoms with Gasteiger partial charge in [-0.15, -0.1) is 10.2 Å². The SMILES string of the molecule is CC(C)(CN1CCOCC1)c1nnc(N)s1. The van der Waals surface area contributed by atoms with Crippen molar-refractivity contribution in [1.29, 1.82) is 0 Å². The lowest BCUT2D eigenvalue weighted by atomic mass is 9.93. The third-order valence-electron chi connectivity index (χ3n) is 2.74. The monoisotopic (exact) mass is 242 g/mol. The minimum Gasteiger partial charge on any atom is -0.379 e. The van der Waals surface area contributed by atoms with Crippen LogP contribution in [0.3, 0.4) is 0 Å². The molecule has 1 aromatic rings. The first-order valence-corrected chi connectivity index (χ1v) is 6.29. The van der Waals surface area contributed by atoms with Crippen molar-refractivity contribution >= 4 is 16.5 Å². The summed E-state index contributed by atoms with van der Waals surface area (Å²) in [5.74, 6) is 0. The second-order valence-electron chi connectivity index (χ2n) is 4.72. The summed E-state index contributed by atoms with van der Waals surface area (Å²) < 4.78 is 5.34. The molecule has 1 saturated heterocycles. The summed E-state index contributed by atoms with van der Waals surface area (Å²) in [6, 6.07) is 0. The standard InChI is InChI=1S/C10H18N4OS/c1-10(2,8-12-13-9(11)16-8)7-14-3-5-15-6-4-14/h3-7H2,1-2H3,(H2,11,13). The number of rotatable bonds is 3. The summed E-state index contributed by atoms with van der Waals surface area (Å²) in [6.07, 6.45) is 0. The summed E-state index contributed by atoms with van der Waals surface area (Å²) in [5, 5.41) is 9.57. The van der Waals surface area contributed by atoms with Crippen molar-refractivity contribution in [2.24, 2.45) is 0 Å². The highest BCUT2D eigenvalue weighted by molar-refractivity contribution is 7.15. The Morgan fingerprint density at radius 2 is 2.06 bits per heavy atom. The second kappa shape index (κ2) is 4.65. The maximum absolute atomic E-state index is 5.62. The molecule has 0 amide bonds. The van der Waals surface area contributed by atoms with E-state index in [4.69, 9.17) is 10.5 Å². The number of nitrogens with two attached hydrogens (primary N) is 1. The van der Waals surface area contributed by atoms with Gasteiger partial charge in [0.15, 0.2) is 0 Å². The summed E-state index contributed by atoms with van der Waals surface area (Å²) in [7, 11) is 0. The van der Waals surface area contributed by atoms with E-state index in [-0.39, 0.29) is 5.41 Å². The Balaban J connectivity index is 2.01. The van der Waals surface area contributed by atoms with E-state index in [1.807, 2.05) is 0 Å². The number of nitrogens with zero attached hydrogens (tertiary/aromatic N) is 3. The molecule has 0 radical (unpaired) electrons. The molecule has 2 rings (SSSR count). The van der Waals surface area contributed by atoms with E-state index in [2.05, 4.69) is 28.9 Å². The van der Waals surface area contributed by atoms with Crippen molar-refractivity contribution < 1.29 is 4.74 Å². The van der Waals surface area contributed by atoms with Crippen LogP contribution in [0.1, 0.15) is 18.9 Å². The number of anilines is 1. The van der Waals surface area contributed by atoms with Gasteiger partial charge in [-0.1, -0.05) is 25.2 Å². The lowest BCUT2D eigenvalue weighted by molar-refractivity contribution is 0.0295. The molecule has 2 heterocycles. The Labute approximate surface area is 99.6 Å². The van der Waals surface area contributed by atoms with E-state index in [0.717, 1.165) is 37.9 Å². The van der Waals surface area contributed by atoms with E-state index in [1.165, 1.54) is 11.3 Å². The Morgan fingerprint density at radius 1 is 1.38 bits per heavy atom. The number of hydrogen-bond acceptors (Lipinski definition) is 6. The normalized spacial score (nSPS) is 18.9.